The minimum absolute atomic E-state index is 0.0792. The summed E-state index contributed by atoms with van der Waals surface area (Å²) in [6.45, 7) is 1.40. The molecule has 0 radical (unpaired) electrons. The van der Waals surface area contributed by atoms with Gasteiger partial charge in [0.15, 0.2) is 0 Å². The van der Waals surface area contributed by atoms with E-state index in [4.69, 9.17) is 0 Å². The zero-order chi connectivity index (χ0) is 19.6. The number of carbonyl (C=O) groups excluding carboxylic acids is 2. The molecular weight excluding hydrogens is 348 g/mol. The van der Waals surface area contributed by atoms with Gasteiger partial charge in [0.05, 0.1) is 6.10 Å². The molecule has 1 saturated heterocycles. The van der Waals surface area contributed by atoms with E-state index in [2.05, 4.69) is 5.32 Å². The van der Waals surface area contributed by atoms with Gasteiger partial charge in [0.2, 0.25) is 11.8 Å². The molecule has 0 aromatic heterocycles. The fourth-order valence-electron chi connectivity index (χ4n) is 3.48. The van der Waals surface area contributed by atoms with Crippen molar-refractivity contribution in [1.82, 2.24) is 10.2 Å². The number of aliphatic carboxylic acids is 1. The standard InChI is InChI=1S/C20H22N2O5/c1-12(23)22-11-16(24)10-18(22)19(25)21-17(20(26)27)9-13-6-7-14-4-2-3-5-15(14)8-13/h2-8,16-18,24H,9-11H2,1H3,(H,21,25)(H,26,27)/t16-,17-,18+/m1/s1. The lowest BCUT2D eigenvalue weighted by atomic mass is 10.0. The molecule has 3 N–H and O–H groups in total. The number of benzene rings is 2. The topological polar surface area (TPSA) is 107 Å². The van der Waals surface area contributed by atoms with Crippen molar-refractivity contribution in [2.24, 2.45) is 0 Å². The predicted octanol–water partition coefficient (Wildman–Crippen LogP) is 0.933. The van der Waals surface area contributed by atoms with Gasteiger partial charge in [0, 0.05) is 26.3 Å². The maximum absolute atomic E-state index is 12.5. The average Bonchev–Trinajstić information content (AvgIpc) is 3.03. The first-order valence-corrected chi connectivity index (χ1v) is 8.81. The molecule has 3 rings (SSSR count). The Morgan fingerprint density at radius 3 is 2.56 bits per heavy atom. The third kappa shape index (κ3) is 4.25. The molecule has 0 saturated carbocycles. The number of carbonyl (C=O) groups is 3. The summed E-state index contributed by atoms with van der Waals surface area (Å²) in [5, 5.41) is 23.8. The first-order chi connectivity index (χ1) is 12.8. The van der Waals surface area contributed by atoms with Crippen molar-refractivity contribution in [3.8, 4) is 0 Å². The number of aliphatic hydroxyl groups is 1. The molecule has 2 aromatic rings. The Bertz CT molecular complexity index is 882. The van der Waals surface area contributed by atoms with Crippen LogP contribution in [0.2, 0.25) is 0 Å². The highest BCUT2D eigenvalue weighted by Gasteiger charge is 2.38. The molecule has 2 aromatic carbocycles. The Kier molecular flexibility index (Phi) is 5.41. The number of amides is 2. The van der Waals surface area contributed by atoms with Crippen LogP contribution in [0.4, 0.5) is 0 Å². The van der Waals surface area contributed by atoms with Crippen LogP contribution in [0, 0.1) is 0 Å². The van der Waals surface area contributed by atoms with E-state index in [9.17, 15) is 24.6 Å². The number of β-amino-alcohol motifs (C(OH)–C–C–N with tert-alkyl or cyclic N) is 1. The molecule has 27 heavy (non-hydrogen) atoms. The monoisotopic (exact) mass is 370 g/mol. The molecule has 0 spiro atoms. The molecule has 0 aliphatic carbocycles. The number of nitrogens with one attached hydrogen (secondary N) is 1. The van der Waals surface area contributed by atoms with Crippen LogP contribution in [0.3, 0.4) is 0 Å². The number of fused-ring (bicyclic) bond motifs is 1. The molecule has 2 amide bonds. The number of aliphatic hydroxyl groups excluding tert-OH is 1. The van der Waals surface area contributed by atoms with Crippen molar-refractivity contribution in [3.63, 3.8) is 0 Å². The number of carboxylic acid groups (broad SMARTS) is 1. The van der Waals surface area contributed by atoms with Gasteiger partial charge in [-0.3, -0.25) is 9.59 Å². The van der Waals surface area contributed by atoms with E-state index < -0.39 is 30.1 Å². The number of hydrogen-bond donors (Lipinski definition) is 3. The Labute approximate surface area is 156 Å². The summed E-state index contributed by atoms with van der Waals surface area (Å²) < 4.78 is 0. The summed E-state index contributed by atoms with van der Waals surface area (Å²) in [5.74, 6) is -2.03. The summed E-state index contributed by atoms with van der Waals surface area (Å²) in [4.78, 5) is 37.1. The third-order valence-electron chi connectivity index (χ3n) is 4.85. The molecule has 0 bridgehead atoms. The van der Waals surface area contributed by atoms with Crippen molar-refractivity contribution in [3.05, 3.63) is 48.0 Å². The second kappa shape index (κ2) is 7.75. The zero-order valence-corrected chi connectivity index (χ0v) is 15.0. The molecular formula is C20H22N2O5. The summed E-state index contributed by atoms with van der Waals surface area (Å²) in [6.07, 6.45) is -0.553. The lowest BCUT2D eigenvalue weighted by molar-refractivity contribution is -0.143. The number of carboxylic acids is 1. The van der Waals surface area contributed by atoms with E-state index in [1.165, 1.54) is 11.8 Å². The highest BCUT2D eigenvalue weighted by atomic mass is 16.4. The summed E-state index contributed by atoms with van der Waals surface area (Å²) in [5.41, 5.74) is 0.788. The normalized spacial score (nSPS) is 20.4. The van der Waals surface area contributed by atoms with Crippen molar-refractivity contribution in [2.75, 3.05) is 6.54 Å². The number of rotatable bonds is 5. The summed E-state index contributed by atoms with van der Waals surface area (Å²) in [6, 6.07) is 11.4. The summed E-state index contributed by atoms with van der Waals surface area (Å²) in [7, 11) is 0. The van der Waals surface area contributed by atoms with E-state index >= 15 is 0 Å². The molecule has 1 heterocycles. The average molecular weight is 370 g/mol. The lowest BCUT2D eigenvalue weighted by Crippen LogP contribution is -2.51. The smallest absolute Gasteiger partial charge is 0.326 e. The number of likely N-dealkylation sites (tertiary alicyclic amines) is 1. The van der Waals surface area contributed by atoms with Crippen LogP contribution in [-0.4, -0.2) is 57.6 Å². The SMILES string of the molecule is CC(=O)N1C[C@H](O)C[C@H]1C(=O)N[C@H](Cc1ccc2ccccc2c1)C(=O)O. The van der Waals surface area contributed by atoms with Crippen LogP contribution >= 0.6 is 0 Å². The second-order valence-corrected chi connectivity index (χ2v) is 6.86. The number of hydrogen-bond acceptors (Lipinski definition) is 4. The molecule has 0 unspecified atom stereocenters. The Balaban J connectivity index is 1.74. The van der Waals surface area contributed by atoms with Gasteiger partial charge in [-0.25, -0.2) is 4.79 Å². The first kappa shape index (κ1) is 18.8. The van der Waals surface area contributed by atoms with Gasteiger partial charge in [-0.15, -0.1) is 0 Å². The second-order valence-electron chi connectivity index (χ2n) is 6.86. The quantitative estimate of drug-likeness (QED) is 0.726. The minimum atomic E-state index is -1.15. The van der Waals surface area contributed by atoms with Crippen LogP contribution in [-0.2, 0) is 20.8 Å². The molecule has 142 valence electrons. The van der Waals surface area contributed by atoms with Crippen LogP contribution in [0.15, 0.2) is 42.5 Å². The molecule has 7 heteroatoms. The lowest BCUT2D eigenvalue weighted by Gasteiger charge is -2.24. The van der Waals surface area contributed by atoms with Crippen LogP contribution in [0.5, 0.6) is 0 Å². The van der Waals surface area contributed by atoms with Crippen LogP contribution in [0.1, 0.15) is 18.9 Å². The Morgan fingerprint density at radius 2 is 1.89 bits per heavy atom. The third-order valence-corrected chi connectivity index (χ3v) is 4.85. The molecule has 7 nitrogen and oxygen atoms in total. The molecule has 3 atom stereocenters. The van der Waals surface area contributed by atoms with E-state index in [0.29, 0.717) is 0 Å². The van der Waals surface area contributed by atoms with Crippen molar-refractivity contribution < 1.29 is 24.6 Å². The van der Waals surface area contributed by atoms with E-state index in [1.54, 1.807) is 0 Å². The fourth-order valence-corrected chi connectivity index (χ4v) is 3.48. The van der Waals surface area contributed by atoms with Gasteiger partial charge < -0.3 is 20.4 Å². The van der Waals surface area contributed by atoms with E-state index in [-0.39, 0.29) is 25.3 Å². The number of nitrogens with zero attached hydrogens (tertiary/aromatic N) is 1. The van der Waals surface area contributed by atoms with Crippen LogP contribution < -0.4 is 5.32 Å². The fraction of sp³-hybridized carbons (Fsp3) is 0.350. The summed E-state index contributed by atoms with van der Waals surface area (Å²) >= 11 is 0. The zero-order valence-electron chi connectivity index (χ0n) is 15.0. The van der Waals surface area contributed by atoms with Gasteiger partial charge >= 0.3 is 5.97 Å². The first-order valence-electron chi connectivity index (χ1n) is 8.81. The highest BCUT2D eigenvalue weighted by Crippen LogP contribution is 2.20. The van der Waals surface area contributed by atoms with Gasteiger partial charge in [-0.1, -0.05) is 42.5 Å². The Hall–Kier alpha value is -2.93. The maximum Gasteiger partial charge on any atom is 0.326 e. The van der Waals surface area contributed by atoms with Crippen molar-refractivity contribution >= 4 is 28.6 Å². The molecule has 1 aliphatic rings. The van der Waals surface area contributed by atoms with Crippen molar-refractivity contribution in [2.45, 2.75) is 38.0 Å². The molecule has 1 fully saturated rings. The largest absolute Gasteiger partial charge is 0.480 e. The van der Waals surface area contributed by atoms with E-state index in [1.807, 2.05) is 42.5 Å². The van der Waals surface area contributed by atoms with Crippen LogP contribution in [0.25, 0.3) is 10.8 Å². The van der Waals surface area contributed by atoms with Gasteiger partial charge in [0.1, 0.15) is 12.1 Å². The van der Waals surface area contributed by atoms with Gasteiger partial charge in [-0.05, 0) is 16.3 Å². The van der Waals surface area contributed by atoms with Gasteiger partial charge in [0.25, 0.3) is 0 Å². The minimum Gasteiger partial charge on any atom is -0.480 e. The predicted molar refractivity (Wildman–Crippen MR) is 99.0 cm³/mol. The van der Waals surface area contributed by atoms with Crippen molar-refractivity contribution in [1.29, 1.82) is 0 Å². The Morgan fingerprint density at radius 1 is 1.19 bits per heavy atom. The molecule has 1 aliphatic heterocycles. The van der Waals surface area contributed by atoms with E-state index in [0.717, 1.165) is 16.3 Å². The van der Waals surface area contributed by atoms with Gasteiger partial charge in [-0.2, -0.15) is 0 Å². The maximum atomic E-state index is 12.5. The highest BCUT2D eigenvalue weighted by molar-refractivity contribution is 5.90.